The van der Waals surface area contributed by atoms with E-state index in [2.05, 4.69) is 10.3 Å². The number of imidazole rings is 1. The van der Waals surface area contributed by atoms with Crippen molar-refractivity contribution in [1.29, 1.82) is 0 Å². The van der Waals surface area contributed by atoms with Crippen molar-refractivity contribution in [3.8, 4) is 5.75 Å². The van der Waals surface area contributed by atoms with Crippen LogP contribution >= 0.6 is 23.2 Å². The highest BCUT2D eigenvalue weighted by molar-refractivity contribution is 6.35. The van der Waals surface area contributed by atoms with E-state index in [-0.39, 0.29) is 12.0 Å². The molecule has 0 aliphatic heterocycles. The normalized spacial score (nSPS) is 11.8. The fourth-order valence-corrected chi connectivity index (χ4v) is 3.37. The maximum Gasteiger partial charge on any atom is 0.221 e. The van der Waals surface area contributed by atoms with Gasteiger partial charge in [0.2, 0.25) is 5.91 Å². The number of hydrogen-bond acceptors (Lipinski definition) is 3. The van der Waals surface area contributed by atoms with E-state index in [1.54, 1.807) is 18.6 Å². The summed E-state index contributed by atoms with van der Waals surface area (Å²) in [5, 5.41) is 4.03. The van der Waals surface area contributed by atoms with Gasteiger partial charge in [0, 0.05) is 35.1 Å². The third kappa shape index (κ3) is 6.01. The lowest BCUT2D eigenvalue weighted by molar-refractivity contribution is -0.114. The van der Waals surface area contributed by atoms with Crippen LogP contribution in [-0.4, -0.2) is 21.6 Å². The predicted octanol–water partition coefficient (Wildman–Crippen LogP) is 5.23. The van der Waals surface area contributed by atoms with Crippen LogP contribution in [-0.2, 0) is 17.8 Å². The van der Waals surface area contributed by atoms with Gasteiger partial charge in [-0.25, -0.2) is 4.98 Å². The van der Waals surface area contributed by atoms with Crippen LogP contribution in [0.15, 0.2) is 61.2 Å². The molecule has 0 bridgehead atoms. The molecule has 0 aliphatic rings. The van der Waals surface area contributed by atoms with Crippen molar-refractivity contribution in [2.45, 2.75) is 32.4 Å². The van der Waals surface area contributed by atoms with E-state index in [4.69, 9.17) is 27.9 Å². The first kappa shape index (κ1) is 20.2. The molecular formula is C21H21Cl2N3O2. The zero-order valence-corrected chi connectivity index (χ0v) is 17.0. The summed E-state index contributed by atoms with van der Waals surface area (Å²) in [5.74, 6) is 0.632. The first-order valence-electron chi connectivity index (χ1n) is 8.93. The summed E-state index contributed by atoms with van der Waals surface area (Å²) in [4.78, 5) is 15.2. The zero-order chi connectivity index (χ0) is 19.9. The van der Waals surface area contributed by atoms with Gasteiger partial charge in [0.05, 0.1) is 12.9 Å². The summed E-state index contributed by atoms with van der Waals surface area (Å²) >= 11 is 12.3. The monoisotopic (exact) mass is 417 g/mol. The topological polar surface area (TPSA) is 56.1 Å². The Morgan fingerprint density at radius 1 is 1.21 bits per heavy atom. The lowest BCUT2D eigenvalue weighted by atomic mass is 10.1. The Kier molecular flexibility index (Phi) is 6.95. The van der Waals surface area contributed by atoms with Crippen LogP contribution in [0, 0.1) is 0 Å². The molecule has 1 N–H and O–H groups in total. The third-order valence-electron chi connectivity index (χ3n) is 4.20. The van der Waals surface area contributed by atoms with E-state index in [0.29, 0.717) is 16.6 Å². The van der Waals surface area contributed by atoms with Crippen LogP contribution in [0.2, 0.25) is 10.0 Å². The molecule has 146 valence electrons. The number of nitrogens with zero attached hydrogens (tertiary/aromatic N) is 2. The number of aryl methyl sites for hydroxylation is 1. The minimum absolute atomic E-state index is 0.0763. The molecule has 7 heteroatoms. The van der Waals surface area contributed by atoms with Crippen molar-refractivity contribution in [3.05, 3.63) is 76.8 Å². The summed E-state index contributed by atoms with van der Waals surface area (Å²) in [5.41, 5.74) is 1.77. The molecule has 5 nitrogen and oxygen atoms in total. The van der Waals surface area contributed by atoms with E-state index < -0.39 is 0 Å². The average Bonchev–Trinajstić information content (AvgIpc) is 3.15. The van der Waals surface area contributed by atoms with Gasteiger partial charge < -0.3 is 14.6 Å². The largest absolute Gasteiger partial charge is 0.489 e. The molecular weight excluding hydrogens is 397 g/mol. The second kappa shape index (κ2) is 9.62. The van der Waals surface area contributed by atoms with E-state index in [9.17, 15) is 4.79 Å². The Labute approximate surface area is 174 Å². The SMILES string of the molecule is CC(=O)Nc1ccc(OC(CCc2ccc(Cl)cc2Cl)Cn2ccnc2)cc1. The molecule has 0 spiro atoms. The minimum atomic E-state index is -0.105. The third-order valence-corrected chi connectivity index (χ3v) is 4.79. The standard InChI is InChI=1S/C21H21Cl2N3O2/c1-15(27)25-18-5-8-19(9-6-18)28-20(13-26-11-10-24-14-26)7-3-16-2-4-17(22)12-21(16)23/h2,4-6,8-12,14,20H,3,7,13H2,1H3,(H,25,27). The molecule has 0 saturated carbocycles. The molecule has 0 saturated heterocycles. The number of carbonyl (C=O) groups excluding carboxylic acids is 1. The van der Waals surface area contributed by atoms with E-state index >= 15 is 0 Å². The molecule has 1 heterocycles. The number of anilines is 1. The van der Waals surface area contributed by atoms with E-state index in [1.165, 1.54) is 6.92 Å². The Hall–Kier alpha value is -2.50. The van der Waals surface area contributed by atoms with Crippen molar-refractivity contribution in [2.75, 3.05) is 5.32 Å². The molecule has 0 aliphatic carbocycles. The van der Waals surface area contributed by atoms with Crippen molar-refractivity contribution >= 4 is 34.8 Å². The maximum absolute atomic E-state index is 11.2. The Balaban J connectivity index is 1.68. The smallest absolute Gasteiger partial charge is 0.221 e. The minimum Gasteiger partial charge on any atom is -0.489 e. The van der Waals surface area contributed by atoms with Crippen molar-refractivity contribution in [2.24, 2.45) is 0 Å². The number of rotatable bonds is 8. The van der Waals surface area contributed by atoms with Crippen LogP contribution in [0.4, 0.5) is 5.69 Å². The molecule has 1 aromatic heterocycles. The first-order chi connectivity index (χ1) is 13.5. The van der Waals surface area contributed by atoms with Crippen LogP contribution < -0.4 is 10.1 Å². The maximum atomic E-state index is 11.2. The van der Waals surface area contributed by atoms with Crippen LogP contribution in [0.5, 0.6) is 5.75 Å². The lowest BCUT2D eigenvalue weighted by Gasteiger charge is -2.20. The van der Waals surface area contributed by atoms with Gasteiger partial charge in [-0.05, 0) is 54.8 Å². The zero-order valence-electron chi connectivity index (χ0n) is 15.4. The molecule has 0 radical (unpaired) electrons. The Morgan fingerprint density at radius 2 is 2.00 bits per heavy atom. The number of halogens is 2. The predicted molar refractivity (Wildman–Crippen MR) is 112 cm³/mol. The summed E-state index contributed by atoms with van der Waals surface area (Å²) < 4.78 is 8.19. The summed E-state index contributed by atoms with van der Waals surface area (Å²) in [6, 6.07) is 12.9. The number of benzene rings is 2. The molecule has 2 aromatic carbocycles. The number of aromatic nitrogens is 2. The fraction of sp³-hybridized carbons (Fsp3) is 0.238. The molecule has 3 aromatic rings. The second-order valence-corrected chi connectivity index (χ2v) is 7.32. The number of amides is 1. The van der Waals surface area contributed by atoms with Gasteiger partial charge >= 0.3 is 0 Å². The molecule has 3 rings (SSSR count). The van der Waals surface area contributed by atoms with E-state index in [1.807, 2.05) is 47.2 Å². The van der Waals surface area contributed by atoms with Crippen LogP contribution in [0.25, 0.3) is 0 Å². The lowest BCUT2D eigenvalue weighted by Crippen LogP contribution is -2.23. The molecule has 1 atom stereocenters. The highest BCUT2D eigenvalue weighted by Gasteiger charge is 2.14. The average molecular weight is 418 g/mol. The molecule has 0 fully saturated rings. The van der Waals surface area contributed by atoms with Gasteiger partial charge in [0.25, 0.3) is 0 Å². The number of nitrogens with one attached hydrogen (secondary N) is 1. The highest BCUT2D eigenvalue weighted by atomic mass is 35.5. The van der Waals surface area contributed by atoms with Crippen molar-refractivity contribution in [1.82, 2.24) is 9.55 Å². The molecule has 1 unspecified atom stereocenters. The van der Waals surface area contributed by atoms with Gasteiger partial charge in [-0.15, -0.1) is 0 Å². The van der Waals surface area contributed by atoms with Gasteiger partial charge in [-0.1, -0.05) is 29.3 Å². The Bertz CT molecular complexity index is 912. The van der Waals surface area contributed by atoms with Crippen LogP contribution in [0.1, 0.15) is 18.9 Å². The van der Waals surface area contributed by atoms with E-state index in [0.717, 1.165) is 29.8 Å². The van der Waals surface area contributed by atoms with Gasteiger partial charge in [-0.2, -0.15) is 0 Å². The number of ether oxygens (including phenoxy) is 1. The number of hydrogen-bond donors (Lipinski definition) is 1. The molecule has 1 amide bonds. The summed E-state index contributed by atoms with van der Waals surface area (Å²) in [6.45, 7) is 2.14. The summed E-state index contributed by atoms with van der Waals surface area (Å²) in [6.07, 6.45) is 6.88. The fourth-order valence-electron chi connectivity index (χ4n) is 2.87. The Morgan fingerprint density at radius 3 is 2.64 bits per heavy atom. The summed E-state index contributed by atoms with van der Waals surface area (Å²) in [7, 11) is 0. The van der Waals surface area contributed by atoms with Gasteiger partial charge in [0.1, 0.15) is 11.9 Å². The highest BCUT2D eigenvalue weighted by Crippen LogP contribution is 2.24. The quantitative estimate of drug-likeness (QED) is 0.545. The second-order valence-electron chi connectivity index (χ2n) is 6.48. The van der Waals surface area contributed by atoms with Crippen molar-refractivity contribution < 1.29 is 9.53 Å². The van der Waals surface area contributed by atoms with Crippen molar-refractivity contribution in [3.63, 3.8) is 0 Å². The molecule has 28 heavy (non-hydrogen) atoms. The van der Waals surface area contributed by atoms with Gasteiger partial charge in [-0.3, -0.25) is 4.79 Å². The first-order valence-corrected chi connectivity index (χ1v) is 9.69. The van der Waals surface area contributed by atoms with Crippen LogP contribution in [0.3, 0.4) is 0 Å². The van der Waals surface area contributed by atoms with Gasteiger partial charge in [0.15, 0.2) is 0 Å². The number of carbonyl (C=O) groups is 1.